The highest BCUT2D eigenvalue weighted by Crippen LogP contribution is 2.26. The molecule has 22 heavy (non-hydrogen) atoms. The molecule has 0 bridgehead atoms. The van der Waals surface area contributed by atoms with Crippen molar-refractivity contribution in [2.75, 3.05) is 5.32 Å². The summed E-state index contributed by atoms with van der Waals surface area (Å²) in [4.78, 5) is 9.32. The summed E-state index contributed by atoms with van der Waals surface area (Å²) in [5.74, 6) is 1.02. The van der Waals surface area contributed by atoms with E-state index in [0.717, 1.165) is 22.0 Å². The minimum atomic E-state index is 0.671. The first-order valence-corrected chi connectivity index (χ1v) is 8.04. The molecule has 0 spiro atoms. The molecular formula is C17H16N4S. The second kappa shape index (κ2) is 5.10. The molecule has 0 aliphatic carbocycles. The van der Waals surface area contributed by atoms with Gasteiger partial charge >= 0.3 is 0 Å². The highest BCUT2D eigenvalue weighted by atomic mass is 32.1. The van der Waals surface area contributed by atoms with Crippen LogP contribution in [0.15, 0.2) is 42.5 Å². The Bertz CT molecular complexity index is 934. The van der Waals surface area contributed by atoms with Crippen molar-refractivity contribution in [2.24, 2.45) is 7.05 Å². The summed E-state index contributed by atoms with van der Waals surface area (Å²) < 4.78 is 3.36. The molecule has 0 unspecified atom stereocenters. The van der Waals surface area contributed by atoms with Gasteiger partial charge in [-0.15, -0.1) is 0 Å². The number of rotatable bonds is 3. The highest BCUT2D eigenvalue weighted by Gasteiger charge is 2.10. The van der Waals surface area contributed by atoms with E-state index < -0.39 is 0 Å². The SMILES string of the molecule is Cc1cccc2nc(CNc3nc4ccccc4s3)n(C)c12. The van der Waals surface area contributed by atoms with Crippen molar-refractivity contribution in [3.63, 3.8) is 0 Å². The van der Waals surface area contributed by atoms with E-state index in [1.54, 1.807) is 11.3 Å². The lowest BCUT2D eigenvalue weighted by atomic mass is 10.2. The van der Waals surface area contributed by atoms with E-state index in [1.807, 2.05) is 18.2 Å². The summed E-state index contributed by atoms with van der Waals surface area (Å²) in [5.41, 5.74) is 4.53. The van der Waals surface area contributed by atoms with Crippen LogP contribution in [0.25, 0.3) is 21.3 Å². The Kier molecular flexibility index (Phi) is 3.08. The predicted octanol–water partition coefficient (Wildman–Crippen LogP) is 4.10. The maximum atomic E-state index is 4.72. The van der Waals surface area contributed by atoms with Crippen LogP contribution < -0.4 is 5.32 Å². The number of aryl methyl sites for hydroxylation is 2. The van der Waals surface area contributed by atoms with Gasteiger partial charge in [0.05, 0.1) is 27.8 Å². The van der Waals surface area contributed by atoms with Crippen molar-refractivity contribution < 1.29 is 0 Å². The highest BCUT2D eigenvalue weighted by molar-refractivity contribution is 7.22. The normalized spacial score (nSPS) is 11.4. The van der Waals surface area contributed by atoms with Crippen molar-refractivity contribution in [2.45, 2.75) is 13.5 Å². The van der Waals surface area contributed by atoms with Crippen LogP contribution in [0, 0.1) is 6.92 Å². The van der Waals surface area contributed by atoms with Crippen LogP contribution in [0.3, 0.4) is 0 Å². The van der Waals surface area contributed by atoms with E-state index in [0.29, 0.717) is 6.54 Å². The zero-order valence-corrected chi connectivity index (χ0v) is 13.3. The molecule has 0 amide bonds. The number of fused-ring (bicyclic) bond motifs is 2. The number of hydrogen-bond donors (Lipinski definition) is 1. The lowest BCUT2D eigenvalue weighted by Gasteiger charge is -2.04. The number of thiazole rings is 1. The largest absolute Gasteiger partial charge is 0.354 e. The number of hydrogen-bond acceptors (Lipinski definition) is 4. The first-order valence-electron chi connectivity index (χ1n) is 7.23. The first-order chi connectivity index (χ1) is 10.7. The Morgan fingerprint density at radius 3 is 2.68 bits per heavy atom. The van der Waals surface area contributed by atoms with Crippen LogP contribution in [0.2, 0.25) is 0 Å². The number of benzene rings is 2. The fourth-order valence-electron chi connectivity index (χ4n) is 2.77. The van der Waals surface area contributed by atoms with Gasteiger partial charge in [0.2, 0.25) is 0 Å². The lowest BCUT2D eigenvalue weighted by molar-refractivity contribution is 0.832. The number of nitrogens with one attached hydrogen (secondary N) is 1. The van der Waals surface area contributed by atoms with E-state index >= 15 is 0 Å². The fraction of sp³-hybridized carbons (Fsp3) is 0.176. The minimum absolute atomic E-state index is 0.671. The van der Waals surface area contributed by atoms with Gasteiger partial charge in [0.1, 0.15) is 5.82 Å². The molecule has 4 nitrogen and oxygen atoms in total. The summed E-state index contributed by atoms with van der Waals surface area (Å²) in [5, 5.41) is 4.33. The summed E-state index contributed by atoms with van der Waals surface area (Å²) >= 11 is 1.67. The van der Waals surface area contributed by atoms with Crippen molar-refractivity contribution >= 4 is 37.7 Å². The average molecular weight is 308 g/mol. The second-order valence-electron chi connectivity index (χ2n) is 5.37. The zero-order valence-electron chi connectivity index (χ0n) is 12.5. The van der Waals surface area contributed by atoms with Gasteiger partial charge in [0.25, 0.3) is 0 Å². The van der Waals surface area contributed by atoms with Crippen molar-refractivity contribution in [3.05, 3.63) is 53.9 Å². The van der Waals surface area contributed by atoms with Crippen LogP contribution in [0.1, 0.15) is 11.4 Å². The molecular weight excluding hydrogens is 292 g/mol. The van der Waals surface area contributed by atoms with E-state index in [4.69, 9.17) is 4.98 Å². The van der Waals surface area contributed by atoms with Crippen molar-refractivity contribution in [3.8, 4) is 0 Å². The van der Waals surface area contributed by atoms with E-state index in [2.05, 4.69) is 53.1 Å². The van der Waals surface area contributed by atoms with E-state index in [1.165, 1.54) is 15.8 Å². The third-order valence-electron chi connectivity index (χ3n) is 3.88. The van der Waals surface area contributed by atoms with Crippen LogP contribution in [-0.2, 0) is 13.6 Å². The molecule has 5 heteroatoms. The van der Waals surface area contributed by atoms with Crippen molar-refractivity contribution in [1.82, 2.24) is 14.5 Å². The molecule has 0 saturated heterocycles. The molecule has 4 aromatic rings. The Morgan fingerprint density at radius 1 is 1.05 bits per heavy atom. The van der Waals surface area contributed by atoms with Gasteiger partial charge in [0.15, 0.2) is 5.13 Å². The number of para-hydroxylation sites is 2. The number of aromatic nitrogens is 3. The van der Waals surface area contributed by atoms with Gasteiger partial charge in [-0.1, -0.05) is 35.6 Å². The Hall–Kier alpha value is -2.40. The fourth-order valence-corrected chi connectivity index (χ4v) is 3.64. The molecule has 0 radical (unpaired) electrons. The standard InChI is InChI=1S/C17H16N4S/c1-11-6-5-8-13-16(11)21(2)15(19-13)10-18-17-20-12-7-3-4-9-14(12)22-17/h3-9H,10H2,1-2H3,(H,18,20). The minimum Gasteiger partial charge on any atom is -0.354 e. The summed E-state index contributed by atoms with van der Waals surface area (Å²) in [6.07, 6.45) is 0. The number of anilines is 1. The Morgan fingerprint density at radius 2 is 1.86 bits per heavy atom. The molecule has 2 heterocycles. The van der Waals surface area contributed by atoms with Crippen LogP contribution in [0.5, 0.6) is 0 Å². The van der Waals surface area contributed by atoms with Crippen LogP contribution >= 0.6 is 11.3 Å². The monoisotopic (exact) mass is 308 g/mol. The van der Waals surface area contributed by atoms with Crippen molar-refractivity contribution in [1.29, 1.82) is 0 Å². The van der Waals surface area contributed by atoms with Gasteiger partial charge in [-0.25, -0.2) is 9.97 Å². The second-order valence-corrected chi connectivity index (χ2v) is 6.40. The summed E-state index contributed by atoms with van der Waals surface area (Å²) in [7, 11) is 2.07. The van der Waals surface area contributed by atoms with Gasteiger partial charge in [0, 0.05) is 7.05 Å². The van der Waals surface area contributed by atoms with Gasteiger partial charge in [-0.2, -0.15) is 0 Å². The smallest absolute Gasteiger partial charge is 0.184 e. The average Bonchev–Trinajstić information content (AvgIpc) is 3.07. The molecule has 0 saturated carbocycles. The maximum absolute atomic E-state index is 4.72. The predicted molar refractivity (Wildman–Crippen MR) is 92.4 cm³/mol. The number of imidazole rings is 1. The molecule has 2 aromatic heterocycles. The molecule has 1 N–H and O–H groups in total. The van der Waals surface area contributed by atoms with Gasteiger partial charge in [-0.3, -0.25) is 0 Å². The van der Waals surface area contributed by atoms with Gasteiger partial charge in [-0.05, 0) is 30.7 Å². The maximum Gasteiger partial charge on any atom is 0.184 e. The lowest BCUT2D eigenvalue weighted by Crippen LogP contribution is -2.05. The molecule has 0 aliphatic heterocycles. The molecule has 0 fully saturated rings. The first kappa shape index (κ1) is 13.3. The Labute approximate surface area is 132 Å². The van der Waals surface area contributed by atoms with Crippen LogP contribution in [-0.4, -0.2) is 14.5 Å². The molecule has 4 rings (SSSR count). The third kappa shape index (κ3) is 2.14. The summed E-state index contributed by atoms with van der Waals surface area (Å²) in [6.45, 7) is 2.79. The van der Waals surface area contributed by atoms with E-state index in [-0.39, 0.29) is 0 Å². The molecule has 0 atom stereocenters. The molecule has 110 valence electrons. The topological polar surface area (TPSA) is 42.7 Å². The van der Waals surface area contributed by atoms with Gasteiger partial charge < -0.3 is 9.88 Å². The molecule has 0 aliphatic rings. The summed E-state index contributed by atoms with van der Waals surface area (Å²) in [6, 6.07) is 14.4. The Balaban J connectivity index is 1.63. The quantitative estimate of drug-likeness (QED) is 0.619. The third-order valence-corrected chi connectivity index (χ3v) is 4.87. The zero-order chi connectivity index (χ0) is 15.1. The molecule has 2 aromatic carbocycles. The number of nitrogens with zero attached hydrogens (tertiary/aromatic N) is 3. The van der Waals surface area contributed by atoms with Crippen LogP contribution in [0.4, 0.5) is 5.13 Å². The van der Waals surface area contributed by atoms with E-state index in [9.17, 15) is 0 Å².